The highest BCUT2D eigenvalue weighted by molar-refractivity contribution is 7.90. The lowest BCUT2D eigenvalue weighted by atomic mass is 10.2. The van der Waals surface area contributed by atoms with Gasteiger partial charge < -0.3 is 5.32 Å². The van der Waals surface area contributed by atoms with Gasteiger partial charge in [-0.3, -0.25) is 0 Å². The van der Waals surface area contributed by atoms with Crippen LogP contribution in [0.2, 0.25) is 0 Å². The van der Waals surface area contributed by atoms with Gasteiger partial charge in [0, 0.05) is 7.05 Å². The number of hydrogen-bond acceptors (Lipinski definition) is 3. The highest BCUT2D eigenvalue weighted by Gasteiger charge is 2.37. The molecule has 0 aromatic heterocycles. The molecule has 1 aromatic rings. The lowest BCUT2D eigenvalue weighted by molar-refractivity contribution is -0.139. The van der Waals surface area contributed by atoms with Crippen LogP contribution in [-0.2, 0) is 16.2 Å². The molecular formula is C9H9F3N2O3S. The van der Waals surface area contributed by atoms with Gasteiger partial charge in [-0.1, -0.05) is 12.1 Å². The predicted octanol–water partition coefficient (Wildman–Crippen LogP) is 1.32. The number of amides is 2. The van der Waals surface area contributed by atoms with Gasteiger partial charge in [0.15, 0.2) is 0 Å². The number of alkyl halides is 3. The normalized spacial score (nSPS) is 12.0. The number of carbonyl (C=O) groups is 1. The van der Waals surface area contributed by atoms with E-state index in [2.05, 4.69) is 0 Å². The minimum Gasteiger partial charge on any atom is -0.340 e. The van der Waals surface area contributed by atoms with Crippen molar-refractivity contribution in [3.8, 4) is 0 Å². The second kappa shape index (κ2) is 4.84. The van der Waals surface area contributed by atoms with E-state index < -0.39 is 32.7 Å². The molecule has 0 saturated carbocycles. The van der Waals surface area contributed by atoms with E-state index in [1.165, 1.54) is 4.72 Å². The maximum Gasteiger partial charge on any atom is 0.417 e. The van der Waals surface area contributed by atoms with Gasteiger partial charge in [0.2, 0.25) is 0 Å². The van der Waals surface area contributed by atoms with Crippen molar-refractivity contribution in [2.24, 2.45) is 0 Å². The van der Waals surface area contributed by atoms with E-state index in [9.17, 15) is 26.4 Å². The van der Waals surface area contributed by atoms with Crippen molar-refractivity contribution in [3.63, 3.8) is 0 Å². The topological polar surface area (TPSA) is 75.3 Å². The number of carbonyl (C=O) groups excluding carboxylic acids is 1. The molecule has 2 N–H and O–H groups in total. The van der Waals surface area contributed by atoms with Crippen molar-refractivity contribution in [2.75, 3.05) is 7.05 Å². The fourth-order valence-corrected chi connectivity index (χ4v) is 2.35. The molecule has 0 heterocycles. The number of hydrogen-bond donors (Lipinski definition) is 2. The zero-order valence-electron chi connectivity index (χ0n) is 9.08. The van der Waals surface area contributed by atoms with E-state index in [-0.39, 0.29) is 0 Å². The van der Waals surface area contributed by atoms with E-state index in [1.54, 1.807) is 0 Å². The number of sulfonamides is 1. The third-order valence-corrected chi connectivity index (χ3v) is 3.33. The molecule has 0 aliphatic rings. The van der Waals surface area contributed by atoms with Crippen LogP contribution in [0.4, 0.5) is 18.0 Å². The molecule has 0 radical (unpaired) electrons. The van der Waals surface area contributed by atoms with E-state index in [0.29, 0.717) is 6.07 Å². The Balaban J connectivity index is 3.30. The molecule has 0 atom stereocenters. The first-order chi connectivity index (χ1) is 8.18. The first-order valence-corrected chi connectivity index (χ1v) is 6.07. The van der Waals surface area contributed by atoms with Crippen LogP contribution in [0.25, 0.3) is 0 Å². The molecule has 0 saturated heterocycles. The number of benzene rings is 1. The Bertz CT molecular complexity index is 554. The molecule has 100 valence electrons. The summed E-state index contributed by atoms with van der Waals surface area (Å²) >= 11 is 0. The van der Waals surface area contributed by atoms with Gasteiger partial charge >= 0.3 is 12.2 Å². The standard InChI is InChI=1S/C9H9F3N2O3S/c1-13-8(15)14-18(16,17)7-5-3-2-4-6(7)9(10,11)12/h2-5H,1H3,(H2,13,14,15). The molecule has 9 heteroatoms. The Labute approximate surface area is 101 Å². The lowest BCUT2D eigenvalue weighted by Crippen LogP contribution is -2.38. The molecule has 0 aliphatic heterocycles. The summed E-state index contributed by atoms with van der Waals surface area (Å²) in [6.07, 6.45) is -4.83. The summed E-state index contributed by atoms with van der Waals surface area (Å²) in [5.74, 6) is 0. The molecule has 0 spiro atoms. The number of halogens is 3. The monoisotopic (exact) mass is 282 g/mol. The fourth-order valence-electron chi connectivity index (χ4n) is 1.16. The highest BCUT2D eigenvalue weighted by atomic mass is 32.2. The average Bonchev–Trinajstić information content (AvgIpc) is 2.27. The van der Waals surface area contributed by atoms with E-state index in [1.807, 2.05) is 5.32 Å². The average molecular weight is 282 g/mol. The van der Waals surface area contributed by atoms with Gasteiger partial charge in [0.05, 0.1) is 10.5 Å². The zero-order valence-corrected chi connectivity index (χ0v) is 9.89. The Hall–Kier alpha value is -1.77. The summed E-state index contributed by atoms with van der Waals surface area (Å²) in [7, 11) is -3.43. The Morgan fingerprint density at radius 3 is 2.28 bits per heavy atom. The van der Waals surface area contributed by atoms with Crippen LogP contribution in [0, 0.1) is 0 Å². The summed E-state index contributed by atoms with van der Waals surface area (Å²) in [6, 6.07) is 2.47. The molecule has 0 aliphatic carbocycles. The number of rotatable bonds is 2. The second-order valence-corrected chi connectivity index (χ2v) is 4.83. The van der Waals surface area contributed by atoms with Crippen LogP contribution < -0.4 is 10.0 Å². The molecular weight excluding hydrogens is 273 g/mol. The van der Waals surface area contributed by atoms with E-state index in [4.69, 9.17) is 0 Å². The summed E-state index contributed by atoms with van der Waals surface area (Å²) in [4.78, 5) is 9.88. The van der Waals surface area contributed by atoms with Crippen molar-refractivity contribution in [1.82, 2.24) is 10.0 Å². The summed E-state index contributed by atoms with van der Waals surface area (Å²) in [5, 5.41) is 1.94. The largest absolute Gasteiger partial charge is 0.417 e. The van der Waals surface area contributed by atoms with Gasteiger partial charge in [0.25, 0.3) is 10.0 Å². The second-order valence-electron chi connectivity index (χ2n) is 3.18. The molecule has 18 heavy (non-hydrogen) atoms. The van der Waals surface area contributed by atoms with Gasteiger partial charge in [-0.15, -0.1) is 0 Å². The predicted molar refractivity (Wildman–Crippen MR) is 56.2 cm³/mol. The molecule has 0 bridgehead atoms. The van der Waals surface area contributed by atoms with Crippen LogP contribution >= 0.6 is 0 Å². The minimum atomic E-state index is -4.83. The van der Waals surface area contributed by atoms with Crippen molar-refractivity contribution in [3.05, 3.63) is 29.8 Å². The molecule has 5 nitrogen and oxygen atoms in total. The minimum absolute atomic E-state index is 0.623. The Kier molecular flexibility index (Phi) is 3.85. The number of urea groups is 1. The summed E-state index contributed by atoms with van der Waals surface area (Å²) in [6.45, 7) is 0. The SMILES string of the molecule is CNC(=O)NS(=O)(=O)c1ccccc1C(F)(F)F. The van der Waals surface area contributed by atoms with Crippen LogP contribution in [-0.4, -0.2) is 21.5 Å². The van der Waals surface area contributed by atoms with Gasteiger partial charge in [-0.2, -0.15) is 13.2 Å². The third-order valence-electron chi connectivity index (χ3n) is 1.94. The van der Waals surface area contributed by atoms with Crippen LogP contribution in [0.3, 0.4) is 0 Å². The lowest BCUT2D eigenvalue weighted by Gasteiger charge is -2.13. The van der Waals surface area contributed by atoms with Crippen molar-refractivity contribution < 1.29 is 26.4 Å². The quantitative estimate of drug-likeness (QED) is 0.859. The maximum atomic E-state index is 12.6. The smallest absolute Gasteiger partial charge is 0.340 e. The van der Waals surface area contributed by atoms with E-state index in [0.717, 1.165) is 25.2 Å². The molecule has 0 fully saturated rings. The zero-order chi connectivity index (χ0) is 14.0. The van der Waals surface area contributed by atoms with Gasteiger partial charge in [-0.05, 0) is 12.1 Å². The Morgan fingerprint density at radius 2 is 1.78 bits per heavy atom. The van der Waals surface area contributed by atoms with Crippen molar-refractivity contribution in [2.45, 2.75) is 11.1 Å². The first-order valence-electron chi connectivity index (χ1n) is 4.59. The van der Waals surface area contributed by atoms with Crippen LogP contribution in [0.5, 0.6) is 0 Å². The van der Waals surface area contributed by atoms with Gasteiger partial charge in [-0.25, -0.2) is 17.9 Å². The highest BCUT2D eigenvalue weighted by Crippen LogP contribution is 2.33. The van der Waals surface area contributed by atoms with Crippen LogP contribution in [0.15, 0.2) is 29.2 Å². The summed E-state index contributed by atoms with van der Waals surface area (Å²) in [5.41, 5.74) is -1.33. The van der Waals surface area contributed by atoms with Gasteiger partial charge in [0.1, 0.15) is 0 Å². The molecule has 2 amide bonds. The number of nitrogens with one attached hydrogen (secondary N) is 2. The maximum absolute atomic E-state index is 12.6. The van der Waals surface area contributed by atoms with Crippen LogP contribution in [0.1, 0.15) is 5.56 Å². The van der Waals surface area contributed by atoms with Crippen molar-refractivity contribution in [1.29, 1.82) is 0 Å². The third kappa shape index (κ3) is 3.13. The molecule has 1 rings (SSSR count). The first kappa shape index (κ1) is 14.3. The van der Waals surface area contributed by atoms with E-state index >= 15 is 0 Å². The fraction of sp³-hybridized carbons (Fsp3) is 0.222. The van der Waals surface area contributed by atoms with Crippen molar-refractivity contribution >= 4 is 16.1 Å². The summed E-state index contributed by atoms with van der Waals surface area (Å²) < 4.78 is 62.5. The molecule has 0 unspecified atom stereocenters. The molecule has 1 aromatic carbocycles. The Morgan fingerprint density at radius 1 is 1.22 bits per heavy atom.